The summed E-state index contributed by atoms with van der Waals surface area (Å²) in [5.41, 5.74) is 9.56. The number of guanidine groups is 1. The number of likely N-dealkylation sites (N-methyl/N-ethyl adjacent to an activating group) is 1. The van der Waals surface area contributed by atoms with Crippen molar-refractivity contribution in [2.24, 2.45) is 17.1 Å². The number of carbonyl (C=O) groups is 3. The summed E-state index contributed by atoms with van der Waals surface area (Å²) in [6.45, 7) is 5.72. The quantitative estimate of drug-likeness (QED) is 0.309. The third-order valence-electron chi connectivity index (χ3n) is 10.0. The van der Waals surface area contributed by atoms with Gasteiger partial charge in [-0.3, -0.25) is 15.0 Å². The molecule has 1 spiro atoms. The number of carbonyl (C=O) groups excluding carboxylic acids is 2. The lowest BCUT2D eigenvalue weighted by atomic mass is 9.57. The number of likely N-dealkylation sites (tertiary alicyclic amines) is 1. The maximum absolute atomic E-state index is 14.1. The lowest BCUT2D eigenvalue weighted by Gasteiger charge is -2.53. The van der Waals surface area contributed by atoms with E-state index in [-0.39, 0.29) is 34.7 Å². The number of fused-ring (bicyclic) bond motifs is 1. The monoisotopic (exact) mass is 587 g/mol. The Labute approximate surface area is 252 Å². The standard InChI is InChI=1S/C32H41N7O4/c1-36-15-17-37(18-16-36)26-4-2-3-25-24(26)9-12-39(27(25)28(40)35-23-7-5-21(6-8-23)30(42)43)29(41)22-19-32(20-22)10-13-38(14-11-32)31(33)34/h2-8,22,27H,9-20H2,1H3,(H3,33,34)(H,35,40)(H,42,43)/t27-/m1/s1. The van der Waals surface area contributed by atoms with Gasteiger partial charge in [0.25, 0.3) is 5.91 Å². The molecule has 0 unspecified atom stereocenters. The van der Waals surface area contributed by atoms with Crippen molar-refractivity contribution in [2.75, 3.05) is 63.1 Å². The van der Waals surface area contributed by atoms with Gasteiger partial charge < -0.3 is 35.8 Å². The summed E-state index contributed by atoms with van der Waals surface area (Å²) in [6.07, 6.45) is 4.13. The van der Waals surface area contributed by atoms with Gasteiger partial charge in [0, 0.05) is 63.1 Å². The highest BCUT2D eigenvalue weighted by atomic mass is 16.4. The molecule has 3 fully saturated rings. The third-order valence-corrected chi connectivity index (χ3v) is 10.0. The molecule has 6 rings (SSSR count). The number of hydrogen-bond donors (Lipinski definition) is 4. The second kappa shape index (κ2) is 11.5. The molecule has 0 aromatic heterocycles. The van der Waals surface area contributed by atoms with Gasteiger partial charge in [-0.15, -0.1) is 0 Å². The van der Waals surface area contributed by atoms with Gasteiger partial charge in [-0.05, 0) is 86.0 Å². The predicted octanol–water partition coefficient (Wildman–Crippen LogP) is 2.59. The summed E-state index contributed by atoms with van der Waals surface area (Å²) in [7, 11) is 2.13. The molecule has 0 bridgehead atoms. The minimum Gasteiger partial charge on any atom is -0.478 e. The molecule has 2 aromatic carbocycles. The van der Waals surface area contributed by atoms with Crippen LogP contribution in [-0.4, -0.2) is 96.4 Å². The molecule has 2 amide bonds. The van der Waals surface area contributed by atoms with E-state index in [2.05, 4.69) is 28.2 Å². The molecule has 3 heterocycles. The minimum absolute atomic E-state index is 0.0247. The fourth-order valence-corrected chi connectivity index (χ4v) is 7.45. The Balaban J connectivity index is 1.25. The number of hydrogen-bond acceptors (Lipinski definition) is 6. The van der Waals surface area contributed by atoms with Gasteiger partial charge in [-0.2, -0.15) is 0 Å². The summed E-state index contributed by atoms with van der Waals surface area (Å²) < 4.78 is 0. The molecule has 0 radical (unpaired) electrons. The Morgan fingerprint density at radius 1 is 0.953 bits per heavy atom. The first-order valence-corrected chi connectivity index (χ1v) is 15.2. The molecular formula is C32H41N7O4. The van der Waals surface area contributed by atoms with Gasteiger partial charge in [-0.25, -0.2) is 4.79 Å². The van der Waals surface area contributed by atoms with Crippen LogP contribution in [0.1, 0.15) is 53.2 Å². The van der Waals surface area contributed by atoms with Crippen molar-refractivity contribution in [3.8, 4) is 0 Å². The Kier molecular flexibility index (Phi) is 7.76. The van der Waals surface area contributed by atoms with E-state index in [0.29, 0.717) is 18.7 Å². The molecule has 43 heavy (non-hydrogen) atoms. The molecule has 5 N–H and O–H groups in total. The smallest absolute Gasteiger partial charge is 0.335 e. The van der Waals surface area contributed by atoms with Gasteiger partial charge in [0.05, 0.1) is 5.56 Å². The average molecular weight is 588 g/mol. The molecule has 1 atom stereocenters. The number of amides is 2. The van der Waals surface area contributed by atoms with Crippen molar-refractivity contribution >= 4 is 35.1 Å². The Morgan fingerprint density at radius 3 is 2.26 bits per heavy atom. The summed E-state index contributed by atoms with van der Waals surface area (Å²) in [6, 6.07) is 11.4. The van der Waals surface area contributed by atoms with Crippen molar-refractivity contribution in [3.63, 3.8) is 0 Å². The highest BCUT2D eigenvalue weighted by molar-refractivity contribution is 5.99. The van der Waals surface area contributed by atoms with E-state index in [1.165, 1.54) is 12.1 Å². The SMILES string of the molecule is CN1CCN(c2cccc3c2CCN(C(=O)C2CC4(CCN(C(=N)N)CC4)C2)[C@H]3C(=O)Nc2ccc(C(=O)O)cc2)CC1. The molecular weight excluding hydrogens is 546 g/mol. The number of carboxylic acid groups (broad SMARTS) is 1. The van der Waals surface area contributed by atoms with Crippen LogP contribution in [0.3, 0.4) is 0 Å². The maximum atomic E-state index is 14.1. The van der Waals surface area contributed by atoms with Crippen LogP contribution in [0.2, 0.25) is 0 Å². The first-order valence-electron chi connectivity index (χ1n) is 15.2. The number of piperazine rings is 1. The Bertz CT molecular complexity index is 1400. The molecule has 2 aromatic rings. The summed E-state index contributed by atoms with van der Waals surface area (Å²) in [5, 5.41) is 20.0. The van der Waals surface area contributed by atoms with E-state index >= 15 is 0 Å². The minimum atomic E-state index is -1.03. The fraction of sp³-hybridized carbons (Fsp3) is 0.500. The molecule has 1 saturated carbocycles. The van der Waals surface area contributed by atoms with Crippen LogP contribution >= 0.6 is 0 Å². The van der Waals surface area contributed by atoms with Gasteiger partial charge >= 0.3 is 5.97 Å². The average Bonchev–Trinajstić information content (AvgIpc) is 2.99. The zero-order valence-electron chi connectivity index (χ0n) is 24.7. The van der Waals surface area contributed by atoms with Crippen molar-refractivity contribution in [2.45, 2.75) is 38.1 Å². The molecule has 3 aliphatic heterocycles. The first-order chi connectivity index (χ1) is 20.6. The zero-order valence-corrected chi connectivity index (χ0v) is 24.7. The summed E-state index contributed by atoms with van der Waals surface area (Å²) >= 11 is 0. The number of anilines is 2. The molecule has 1 aliphatic carbocycles. The predicted molar refractivity (Wildman–Crippen MR) is 164 cm³/mol. The largest absolute Gasteiger partial charge is 0.478 e. The highest BCUT2D eigenvalue weighted by Crippen LogP contribution is 2.53. The van der Waals surface area contributed by atoms with E-state index in [9.17, 15) is 19.5 Å². The first kappa shape index (κ1) is 29.0. The van der Waals surface area contributed by atoms with Crippen molar-refractivity contribution < 1.29 is 19.5 Å². The number of piperidine rings is 1. The van der Waals surface area contributed by atoms with Crippen LogP contribution < -0.4 is 16.0 Å². The maximum Gasteiger partial charge on any atom is 0.335 e. The number of rotatable bonds is 5. The molecule has 11 heteroatoms. The van der Waals surface area contributed by atoms with Gasteiger partial charge in [0.15, 0.2) is 5.96 Å². The molecule has 4 aliphatic rings. The second-order valence-electron chi connectivity index (χ2n) is 12.7. The van der Waals surface area contributed by atoms with Crippen molar-refractivity contribution in [1.82, 2.24) is 14.7 Å². The number of benzene rings is 2. The highest BCUT2D eigenvalue weighted by Gasteiger charge is 2.51. The summed E-state index contributed by atoms with van der Waals surface area (Å²) in [5.74, 6) is -1.32. The number of nitrogens with two attached hydrogens (primary N) is 1. The van der Waals surface area contributed by atoms with Crippen molar-refractivity contribution in [3.05, 3.63) is 59.2 Å². The van der Waals surface area contributed by atoms with Crippen LogP contribution in [0.15, 0.2) is 42.5 Å². The van der Waals surface area contributed by atoms with Crippen LogP contribution in [0, 0.1) is 16.7 Å². The number of nitrogens with one attached hydrogen (secondary N) is 2. The zero-order chi connectivity index (χ0) is 30.3. The Hall–Kier alpha value is -4.12. The fourth-order valence-electron chi connectivity index (χ4n) is 7.45. The lowest BCUT2D eigenvalue weighted by Crippen LogP contribution is -2.55. The van der Waals surface area contributed by atoms with Crippen LogP contribution in [0.25, 0.3) is 0 Å². The third kappa shape index (κ3) is 5.65. The summed E-state index contributed by atoms with van der Waals surface area (Å²) in [4.78, 5) is 47.8. The van der Waals surface area contributed by atoms with E-state index in [1.807, 2.05) is 17.0 Å². The van der Waals surface area contributed by atoms with Gasteiger partial charge in [0.2, 0.25) is 5.91 Å². The van der Waals surface area contributed by atoms with Gasteiger partial charge in [-0.1, -0.05) is 12.1 Å². The van der Waals surface area contributed by atoms with E-state index in [1.54, 1.807) is 17.0 Å². The van der Waals surface area contributed by atoms with Crippen LogP contribution in [0.5, 0.6) is 0 Å². The second-order valence-corrected chi connectivity index (χ2v) is 12.7. The Morgan fingerprint density at radius 2 is 1.63 bits per heavy atom. The van der Waals surface area contributed by atoms with Crippen LogP contribution in [-0.2, 0) is 16.0 Å². The van der Waals surface area contributed by atoms with Crippen molar-refractivity contribution in [1.29, 1.82) is 5.41 Å². The van der Waals surface area contributed by atoms with Gasteiger partial charge in [0.1, 0.15) is 6.04 Å². The topological polar surface area (TPSA) is 146 Å². The lowest BCUT2D eigenvalue weighted by molar-refractivity contribution is -0.151. The van der Waals surface area contributed by atoms with E-state index in [0.717, 1.165) is 81.8 Å². The molecule has 2 saturated heterocycles. The number of aromatic carboxylic acids is 1. The molecule has 228 valence electrons. The number of nitrogens with zero attached hydrogens (tertiary/aromatic N) is 4. The van der Waals surface area contributed by atoms with Crippen LogP contribution in [0.4, 0.5) is 11.4 Å². The van der Waals surface area contributed by atoms with E-state index in [4.69, 9.17) is 11.1 Å². The van der Waals surface area contributed by atoms with E-state index < -0.39 is 12.0 Å². The normalized spacial score (nSPS) is 22.1. The number of carboxylic acids is 1. The molecule has 11 nitrogen and oxygen atoms in total.